The van der Waals surface area contributed by atoms with Crippen LogP contribution in [-0.4, -0.2) is 23.6 Å². The summed E-state index contributed by atoms with van der Waals surface area (Å²) < 4.78 is 5.13. The maximum Gasteiger partial charge on any atom is 0.310 e. The van der Waals surface area contributed by atoms with E-state index in [2.05, 4.69) is 42.5 Å². The summed E-state index contributed by atoms with van der Waals surface area (Å²) in [7, 11) is 1.52. The smallest absolute Gasteiger partial charge is 0.310 e. The number of methoxy groups -OCH3 is 1. The highest BCUT2D eigenvalue weighted by atomic mass is 32.2. The summed E-state index contributed by atoms with van der Waals surface area (Å²) in [5.74, 6) is 0.279. The topological polar surface area (TPSA) is 26.3 Å². The zero-order chi connectivity index (χ0) is 15.1. The Kier molecular flexibility index (Phi) is 3.61. The number of carbonyl (C=O) groups is 1. The van der Waals surface area contributed by atoms with Crippen molar-refractivity contribution in [2.45, 2.75) is 35.7 Å². The molecule has 22 heavy (non-hydrogen) atoms. The quantitative estimate of drug-likeness (QED) is 0.770. The molecule has 0 N–H and O–H groups in total. The first-order valence-electron chi connectivity index (χ1n) is 7.98. The number of thioether (sulfide) groups is 1. The van der Waals surface area contributed by atoms with Crippen molar-refractivity contribution in [1.82, 2.24) is 0 Å². The molecule has 0 amide bonds. The SMILES string of the molecule is COC(=O)[C@@H]1C2CCC(C[C@@H]1c1ccc3ccccc3c1)S2. The Labute approximate surface area is 135 Å². The Morgan fingerprint density at radius 1 is 1.14 bits per heavy atom. The molecule has 2 aliphatic rings. The number of hydrogen-bond donors (Lipinski definition) is 0. The third-order valence-electron chi connectivity index (χ3n) is 5.17. The third kappa shape index (κ3) is 2.32. The highest BCUT2D eigenvalue weighted by Gasteiger charge is 2.47. The molecule has 2 saturated heterocycles. The van der Waals surface area contributed by atoms with Crippen molar-refractivity contribution >= 4 is 28.5 Å². The van der Waals surface area contributed by atoms with Crippen LogP contribution in [0.2, 0.25) is 0 Å². The fourth-order valence-corrected chi connectivity index (χ4v) is 5.92. The summed E-state index contributed by atoms with van der Waals surface area (Å²) in [5.41, 5.74) is 1.30. The Morgan fingerprint density at radius 2 is 1.95 bits per heavy atom. The third-order valence-corrected chi connectivity index (χ3v) is 6.86. The van der Waals surface area contributed by atoms with Gasteiger partial charge >= 0.3 is 5.97 Å². The molecule has 0 spiro atoms. The van der Waals surface area contributed by atoms with Crippen LogP contribution in [-0.2, 0) is 9.53 Å². The van der Waals surface area contributed by atoms with Gasteiger partial charge in [-0.3, -0.25) is 4.79 Å². The van der Waals surface area contributed by atoms with Crippen molar-refractivity contribution in [3.05, 3.63) is 48.0 Å². The van der Waals surface area contributed by atoms with Gasteiger partial charge in [0, 0.05) is 10.5 Å². The van der Waals surface area contributed by atoms with Crippen molar-refractivity contribution < 1.29 is 9.53 Å². The van der Waals surface area contributed by atoms with E-state index in [9.17, 15) is 4.79 Å². The first kappa shape index (κ1) is 14.1. The molecule has 0 radical (unpaired) electrons. The van der Waals surface area contributed by atoms with Crippen LogP contribution in [0.4, 0.5) is 0 Å². The molecular formula is C19H20O2S. The van der Waals surface area contributed by atoms with Crippen molar-refractivity contribution in [3.8, 4) is 0 Å². The molecule has 2 nitrogen and oxygen atoms in total. The van der Waals surface area contributed by atoms with Gasteiger partial charge in [0.15, 0.2) is 0 Å². The predicted octanol–water partition coefficient (Wildman–Crippen LogP) is 4.38. The van der Waals surface area contributed by atoms with Crippen molar-refractivity contribution in [2.24, 2.45) is 5.92 Å². The van der Waals surface area contributed by atoms with E-state index in [1.807, 2.05) is 11.8 Å². The standard InChI is InChI=1S/C19H20O2S/c1-21-19(20)18-16(11-15-8-9-17(18)22-15)14-7-6-12-4-2-3-5-13(12)10-14/h2-7,10,15-18H,8-9,11H2,1H3/t15?,16-,17?,18+/m1/s1. The molecule has 2 fully saturated rings. The summed E-state index contributed by atoms with van der Waals surface area (Å²) >= 11 is 2.01. The molecule has 3 heteroatoms. The van der Waals surface area contributed by atoms with E-state index >= 15 is 0 Å². The van der Waals surface area contributed by atoms with Gasteiger partial charge in [0.2, 0.25) is 0 Å². The average Bonchev–Trinajstić information content (AvgIpc) is 2.95. The maximum absolute atomic E-state index is 12.4. The minimum absolute atomic E-state index is 0.00918. The summed E-state index contributed by atoms with van der Waals surface area (Å²) in [4.78, 5) is 12.4. The normalized spacial score (nSPS) is 30.4. The number of carbonyl (C=O) groups excluding carboxylic acids is 1. The van der Waals surface area contributed by atoms with E-state index < -0.39 is 0 Å². The molecule has 2 unspecified atom stereocenters. The summed E-state index contributed by atoms with van der Waals surface area (Å²) in [6.45, 7) is 0. The maximum atomic E-state index is 12.4. The molecule has 114 valence electrons. The van der Waals surface area contributed by atoms with Crippen LogP contribution in [0.3, 0.4) is 0 Å². The number of rotatable bonds is 2. The van der Waals surface area contributed by atoms with Gasteiger partial charge in [0.05, 0.1) is 13.0 Å². The van der Waals surface area contributed by atoms with E-state index in [1.165, 1.54) is 29.9 Å². The number of ether oxygens (including phenoxy) is 1. The summed E-state index contributed by atoms with van der Waals surface area (Å²) in [6, 6.07) is 15.1. The van der Waals surface area contributed by atoms with Crippen LogP contribution in [0, 0.1) is 5.92 Å². The van der Waals surface area contributed by atoms with Crippen LogP contribution in [0.1, 0.15) is 30.7 Å². The van der Waals surface area contributed by atoms with Crippen LogP contribution in [0.5, 0.6) is 0 Å². The lowest BCUT2D eigenvalue weighted by atomic mass is 9.81. The average molecular weight is 312 g/mol. The van der Waals surface area contributed by atoms with Crippen LogP contribution in [0.15, 0.2) is 42.5 Å². The molecule has 2 bridgehead atoms. The van der Waals surface area contributed by atoms with Crippen molar-refractivity contribution in [1.29, 1.82) is 0 Å². The highest BCUT2D eigenvalue weighted by Crippen LogP contribution is 2.53. The van der Waals surface area contributed by atoms with Gasteiger partial charge in [-0.2, -0.15) is 11.8 Å². The first-order chi connectivity index (χ1) is 10.8. The minimum Gasteiger partial charge on any atom is -0.469 e. The zero-order valence-electron chi connectivity index (χ0n) is 12.7. The second-order valence-electron chi connectivity index (χ2n) is 6.37. The lowest BCUT2D eigenvalue weighted by Gasteiger charge is -2.35. The van der Waals surface area contributed by atoms with E-state index in [0.717, 1.165) is 12.8 Å². The number of benzene rings is 2. The Hall–Kier alpha value is -1.48. The highest BCUT2D eigenvalue weighted by molar-refractivity contribution is 8.00. The number of hydrogen-bond acceptors (Lipinski definition) is 3. The Bertz CT molecular complexity index is 711. The molecule has 2 heterocycles. The monoisotopic (exact) mass is 312 g/mol. The Morgan fingerprint density at radius 3 is 2.77 bits per heavy atom. The van der Waals surface area contributed by atoms with Crippen LogP contribution >= 0.6 is 11.8 Å². The Balaban J connectivity index is 1.75. The summed E-state index contributed by atoms with van der Waals surface area (Å²) in [6.07, 6.45) is 3.49. The molecule has 2 aromatic carbocycles. The molecule has 0 saturated carbocycles. The van der Waals surface area contributed by atoms with Gasteiger partial charge in [-0.1, -0.05) is 42.5 Å². The van der Waals surface area contributed by atoms with E-state index in [0.29, 0.717) is 16.4 Å². The van der Waals surface area contributed by atoms with Gasteiger partial charge in [-0.25, -0.2) is 0 Å². The predicted molar refractivity (Wildman–Crippen MR) is 91.2 cm³/mol. The number of fused-ring (bicyclic) bond motifs is 3. The molecule has 0 aromatic heterocycles. The molecule has 4 atom stereocenters. The summed E-state index contributed by atoms with van der Waals surface area (Å²) in [5, 5.41) is 3.66. The number of esters is 1. The van der Waals surface area contributed by atoms with Crippen molar-refractivity contribution in [2.75, 3.05) is 7.11 Å². The largest absolute Gasteiger partial charge is 0.469 e. The molecule has 2 aliphatic heterocycles. The van der Waals surface area contributed by atoms with E-state index in [4.69, 9.17) is 4.74 Å². The molecule has 4 rings (SSSR count). The molecular weight excluding hydrogens is 292 g/mol. The van der Waals surface area contributed by atoms with Gasteiger partial charge in [-0.05, 0) is 41.5 Å². The molecule has 0 aliphatic carbocycles. The second kappa shape index (κ2) is 5.62. The van der Waals surface area contributed by atoms with Gasteiger partial charge in [0.25, 0.3) is 0 Å². The minimum atomic E-state index is -0.0315. The lowest BCUT2D eigenvalue weighted by molar-refractivity contribution is -0.146. The fraction of sp³-hybridized carbons (Fsp3) is 0.421. The van der Waals surface area contributed by atoms with Crippen LogP contribution in [0.25, 0.3) is 10.8 Å². The van der Waals surface area contributed by atoms with Gasteiger partial charge < -0.3 is 4.74 Å². The van der Waals surface area contributed by atoms with Gasteiger partial charge in [-0.15, -0.1) is 0 Å². The first-order valence-corrected chi connectivity index (χ1v) is 8.92. The fourth-order valence-electron chi connectivity index (χ4n) is 4.09. The zero-order valence-corrected chi connectivity index (χ0v) is 13.5. The van der Waals surface area contributed by atoms with E-state index in [1.54, 1.807) is 0 Å². The lowest BCUT2D eigenvalue weighted by Crippen LogP contribution is -2.35. The van der Waals surface area contributed by atoms with Crippen LogP contribution < -0.4 is 0 Å². The van der Waals surface area contributed by atoms with E-state index in [-0.39, 0.29) is 11.9 Å². The second-order valence-corrected chi connectivity index (χ2v) is 7.92. The van der Waals surface area contributed by atoms with Crippen molar-refractivity contribution in [3.63, 3.8) is 0 Å². The van der Waals surface area contributed by atoms with Gasteiger partial charge in [0.1, 0.15) is 0 Å². The molecule has 2 aromatic rings.